The monoisotopic (exact) mass is 251 g/mol. The molecule has 0 bridgehead atoms. The third kappa shape index (κ3) is 4.82. The number of hydrogen-bond donors (Lipinski definition) is 3. The molecule has 0 heterocycles. The van der Waals surface area contributed by atoms with Crippen molar-refractivity contribution in [2.24, 2.45) is 5.73 Å². The number of carbonyl (C=O) groups is 2. The van der Waals surface area contributed by atoms with Gasteiger partial charge in [0, 0.05) is 6.42 Å². The van der Waals surface area contributed by atoms with E-state index in [4.69, 9.17) is 10.8 Å². The zero-order valence-corrected chi connectivity index (χ0v) is 10.1. The summed E-state index contributed by atoms with van der Waals surface area (Å²) in [7, 11) is 0. The van der Waals surface area contributed by atoms with Crippen LogP contribution in [-0.4, -0.2) is 46.0 Å². The maximum Gasteiger partial charge on any atom is 0.354 e. The molecule has 0 amide bonds. The Morgan fingerprint density at radius 3 is 2.50 bits per heavy atom. The number of aliphatic carboxylic acids is 1. The summed E-state index contributed by atoms with van der Waals surface area (Å²) in [6, 6.07) is 0. The summed E-state index contributed by atoms with van der Waals surface area (Å²) in [6.07, 6.45) is 0.674. The smallest absolute Gasteiger partial charge is 0.354 e. The van der Waals surface area contributed by atoms with E-state index in [9.17, 15) is 14.7 Å². The topological polar surface area (TPSA) is 110 Å². The molecule has 0 aromatic rings. The van der Waals surface area contributed by atoms with Gasteiger partial charge in [0.1, 0.15) is 0 Å². The first-order valence-corrected chi connectivity index (χ1v) is 6.18. The molecule has 0 saturated carbocycles. The van der Waals surface area contributed by atoms with Crippen LogP contribution in [-0.2, 0) is 14.3 Å². The van der Waals surface area contributed by atoms with Crippen molar-refractivity contribution in [2.75, 3.05) is 12.0 Å². The lowest BCUT2D eigenvalue weighted by atomic mass is 10.2. The quantitative estimate of drug-likeness (QED) is 0.424. The van der Waals surface area contributed by atoms with Gasteiger partial charge in [-0.1, -0.05) is 6.92 Å². The second-order valence-corrected chi connectivity index (χ2v) is 4.29. The summed E-state index contributed by atoms with van der Waals surface area (Å²) in [6.45, 7) is 1.56. The number of aliphatic hydroxyl groups is 1. The predicted octanol–water partition coefficient (Wildman–Crippen LogP) is -0.207. The summed E-state index contributed by atoms with van der Waals surface area (Å²) < 4.78 is 4.60. The van der Waals surface area contributed by atoms with Gasteiger partial charge in [0.15, 0.2) is 6.10 Å². The van der Waals surface area contributed by atoms with Crippen molar-refractivity contribution in [3.05, 3.63) is 0 Å². The molecule has 0 spiro atoms. The van der Waals surface area contributed by atoms with Gasteiger partial charge in [-0.05, 0) is 18.4 Å². The fourth-order valence-electron chi connectivity index (χ4n) is 0.899. The molecule has 0 aliphatic heterocycles. The first kappa shape index (κ1) is 15.2. The Hall–Kier alpha value is -0.790. The number of nitrogens with two attached hydrogens (primary N) is 1. The van der Waals surface area contributed by atoms with Gasteiger partial charge in [-0.2, -0.15) is 11.8 Å². The fraction of sp³-hybridized carbons (Fsp3) is 0.778. The largest absolute Gasteiger partial charge is 0.479 e. The standard InChI is InChI=1S/C9H17NO5S/c1-3-6(7(11)12)15-8(13)9(10,14)4-5-16-2/h6,14H,3-5,10H2,1-2H3,(H,11,12). The summed E-state index contributed by atoms with van der Waals surface area (Å²) in [5.74, 6) is -1.88. The van der Waals surface area contributed by atoms with Gasteiger partial charge in [-0.3, -0.25) is 5.73 Å². The van der Waals surface area contributed by atoms with Crippen molar-refractivity contribution >= 4 is 23.7 Å². The highest BCUT2D eigenvalue weighted by atomic mass is 32.2. The summed E-state index contributed by atoms with van der Waals surface area (Å²) >= 11 is 1.41. The predicted molar refractivity (Wildman–Crippen MR) is 59.9 cm³/mol. The van der Waals surface area contributed by atoms with Crippen molar-refractivity contribution in [1.82, 2.24) is 0 Å². The van der Waals surface area contributed by atoms with Gasteiger partial charge >= 0.3 is 11.9 Å². The van der Waals surface area contributed by atoms with Crippen LogP contribution in [0.15, 0.2) is 0 Å². The normalized spacial score (nSPS) is 16.2. The number of ether oxygens (including phenoxy) is 1. The van der Waals surface area contributed by atoms with E-state index in [1.807, 2.05) is 0 Å². The van der Waals surface area contributed by atoms with E-state index >= 15 is 0 Å². The molecule has 0 aromatic heterocycles. The van der Waals surface area contributed by atoms with Crippen LogP contribution in [0.4, 0.5) is 0 Å². The lowest BCUT2D eigenvalue weighted by Crippen LogP contribution is -2.51. The van der Waals surface area contributed by atoms with Gasteiger partial charge in [0.25, 0.3) is 0 Å². The highest BCUT2D eigenvalue weighted by Gasteiger charge is 2.35. The number of esters is 1. The van der Waals surface area contributed by atoms with Crippen molar-refractivity contribution in [2.45, 2.75) is 31.6 Å². The highest BCUT2D eigenvalue weighted by molar-refractivity contribution is 7.98. The summed E-state index contributed by atoms with van der Waals surface area (Å²) in [5, 5.41) is 18.2. The number of carboxylic acid groups (broad SMARTS) is 1. The Balaban J connectivity index is 4.37. The molecular formula is C9H17NO5S. The Morgan fingerprint density at radius 2 is 2.12 bits per heavy atom. The van der Waals surface area contributed by atoms with Crippen LogP contribution in [0, 0.1) is 0 Å². The van der Waals surface area contributed by atoms with Gasteiger partial charge in [0.2, 0.25) is 5.72 Å². The maximum atomic E-state index is 11.4. The molecule has 0 radical (unpaired) electrons. The van der Waals surface area contributed by atoms with E-state index in [2.05, 4.69) is 4.74 Å². The minimum Gasteiger partial charge on any atom is -0.479 e. The van der Waals surface area contributed by atoms with Crippen molar-refractivity contribution < 1.29 is 24.5 Å². The third-order valence-corrected chi connectivity index (χ3v) is 2.55. The fourth-order valence-corrected chi connectivity index (χ4v) is 1.41. The highest BCUT2D eigenvalue weighted by Crippen LogP contribution is 2.11. The molecule has 7 heteroatoms. The lowest BCUT2D eigenvalue weighted by molar-refractivity contribution is -0.178. The molecule has 0 aliphatic carbocycles. The molecule has 6 nitrogen and oxygen atoms in total. The number of thioether (sulfide) groups is 1. The average Bonchev–Trinajstić information content (AvgIpc) is 2.22. The van der Waals surface area contributed by atoms with Crippen LogP contribution in [0.1, 0.15) is 19.8 Å². The second-order valence-electron chi connectivity index (χ2n) is 3.31. The Labute approximate surface area is 98.1 Å². The number of rotatable bonds is 7. The molecule has 0 aromatic carbocycles. The van der Waals surface area contributed by atoms with E-state index < -0.39 is 23.8 Å². The number of carbonyl (C=O) groups excluding carboxylic acids is 1. The maximum absolute atomic E-state index is 11.4. The van der Waals surface area contributed by atoms with E-state index in [0.717, 1.165) is 0 Å². The summed E-state index contributed by atoms with van der Waals surface area (Å²) in [4.78, 5) is 22.0. The molecule has 16 heavy (non-hydrogen) atoms. The minimum atomic E-state index is -2.12. The first-order chi connectivity index (χ1) is 7.35. The third-order valence-electron chi connectivity index (χ3n) is 1.94. The average molecular weight is 251 g/mol. The molecule has 0 fully saturated rings. The van der Waals surface area contributed by atoms with E-state index in [-0.39, 0.29) is 12.8 Å². The number of carboxylic acids is 1. The van der Waals surface area contributed by atoms with E-state index in [1.54, 1.807) is 13.2 Å². The molecule has 4 N–H and O–H groups in total. The molecule has 0 aliphatic rings. The molecule has 2 unspecified atom stereocenters. The van der Waals surface area contributed by atoms with Crippen molar-refractivity contribution in [1.29, 1.82) is 0 Å². The van der Waals surface area contributed by atoms with Crippen LogP contribution in [0.2, 0.25) is 0 Å². The SMILES string of the molecule is CCC(OC(=O)C(N)(O)CCSC)C(=O)O. The van der Waals surface area contributed by atoms with Gasteiger partial charge in [-0.15, -0.1) is 0 Å². The van der Waals surface area contributed by atoms with Crippen LogP contribution in [0.5, 0.6) is 0 Å². The zero-order chi connectivity index (χ0) is 12.8. The van der Waals surface area contributed by atoms with Crippen LogP contribution < -0.4 is 5.73 Å². The van der Waals surface area contributed by atoms with Gasteiger partial charge in [0.05, 0.1) is 0 Å². The zero-order valence-electron chi connectivity index (χ0n) is 9.30. The lowest BCUT2D eigenvalue weighted by Gasteiger charge is -2.22. The van der Waals surface area contributed by atoms with Crippen molar-refractivity contribution in [3.8, 4) is 0 Å². The molecular weight excluding hydrogens is 234 g/mol. The van der Waals surface area contributed by atoms with Crippen LogP contribution in [0.3, 0.4) is 0 Å². The number of hydrogen-bond acceptors (Lipinski definition) is 6. The van der Waals surface area contributed by atoms with Gasteiger partial charge in [-0.25, -0.2) is 9.59 Å². The molecule has 94 valence electrons. The second kappa shape index (κ2) is 6.72. The van der Waals surface area contributed by atoms with E-state index in [0.29, 0.717) is 5.75 Å². The molecule has 2 atom stereocenters. The minimum absolute atomic E-state index is 0.0169. The molecule has 0 saturated heterocycles. The Kier molecular flexibility index (Phi) is 6.39. The van der Waals surface area contributed by atoms with Crippen LogP contribution >= 0.6 is 11.8 Å². The summed E-state index contributed by atoms with van der Waals surface area (Å²) in [5.41, 5.74) is 3.21. The van der Waals surface area contributed by atoms with Crippen molar-refractivity contribution in [3.63, 3.8) is 0 Å². The molecule has 0 rings (SSSR count). The van der Waals surface area contributed by atoms with Gasteiger partial charge < -0.3 is 14.9 Å². The van der Waals surface area contributed by atoms with E-state index in [1.165, 1.54) is 11.8 Å². The Bertz CT molecular complexity index is 256. The Morgan fingerprint density at radius 1 is 1.56 bits per heavy atom. The first-order valence-electron chi connectivity index (χ1n) is 4.79. The van der Waals surface area contributed by atoms with Crippen LogP contribution in [0.25, 0.3) is 0 Å².